The number of hydrogen-bond donors (Lipinski definition) is 2. The smallest absolute Gasteiger partial charge is 0.324 e. The van der Waals surface area contributed by atoms with Gasteiger partial charge in [0.2, 0.25) is 5.91 Å². The zero-order valence-corrected chi connectivity index (χ0v) is 7.93. The predicted octanol–water partition coefficient (Wildman–Crippen LogP) is 0.444. The lowest BCUT2D eigenvalue weighted by Crippen LogP contribution is -2.27. The van der Waals surface area contributed by atoms with E-state index in [0.717, 1.165) is 0 Å². The van der Waals surface area contributed by atoms with Crippen molar-refractivity contribution in [3.63, 3.8) is 0 Å². The van der Waals surface area contributed by atoms with E-state index in [1.165, 1.54) is 4.90 Å². The van der Waals surface area contributed by atoms with E-state index in [-0.39, 0.29) is 24.7 Å². The third-order valence-corrected chi connectivity index (χ3v) is 2.22. The van der Waals surface area contributed by atoms with Crippen molar-refractivity contribution in [3.05, 3.63) is 29.8 Å². The average Bonchev–Trinajstić information content (AvgIpc) is 2.49. The van der Waals surface area contributed by atoms with Crippen LogP contribution in [-0.2, 0) is 11.3 Å². The first-order valence-corrected chi connectivity index (χ1v) is 4.52. The second kappa shape index (κ2) is 3.61. The van der Waals surface area contributed by atoms with Crippen LogP contribution in [0.15, 0.2) is 24.3 Å². The van der Waals surface area contributed by atoms with Gasteiger partial charge in [-0.2, -0.15) is 0 Å². The minimum Gasteiger partial charge on any atom is -0.508 e. The average molecular weight is 206 g/mol. The minimum atomic E-state index is -0.414. The van der Waals surface area contributed by atoms with E-state index in [1.807, 2.05) is 0 Å². The zero-order chi connectivity index (χ0) is 10.8. The molecule has 1 aromatic rings. The van der Waals surface area contributed by atoms with Gasteiger partial charge >= 0.3 is 6.03 Å². The highest BCUT2D eigenvalue weighted by Crippen LogP contribution is 2.18. The van der Waals surface area contributed by atoms with Crippen LogP contribution in [0.4, 0.5) is 4.79 Å². The lowest BCUT2D eigenvalue weighted by molar-refractivity contribution is -0.118. The predicted molar refractivity (Wildman–Crippen MR) is 52.1 cm³/mol. The van der Waals surface area contributed by atoms with Gasteiger partial charge < -0.3 is 10.0 Å². The SMILES string of the molecule is O=C1CN(Cc2ccccc2O)C(=O)N1. The van der Waals surface area contributed by atoms with Crippen molar-refractivity contribution in [2.24, 2.45) is 0 Å². The summed E-state index contributed by atoms with van der Waals surface area (Å²) in [5.41, 5.74) is 0.627. The van der Waals surface area contributed by atoms with Crippen molar-refractivity contribution in [2.45, 2.75) is 6.54 Å². The Morgan fingerprint density at radius 3 is 2.67 bits per heavy atom. The fraction of sp³-hybridized carbons (Fsp3) is 0.200. The lowest BCUT2D eigenvalue weighted by atomic mass is 10.2. The van der Waals surface area contributed by atoms with Gasteiger partial charge in [-0.1, -0.05) is 18.2 Å². The number of nitrogens with zero attached hydrogens (tertiary/aromatic N) is 1. The van der Waals surface area contributed by atoms with Gasteiger partial charge in [-0.05, 0) is 6.07 Å². The Kier molecular flexibility index (Phi) is 2.29. The number of phenolic OH excluding ortho intramolecular Hbond substituents is 1. The van der Waals surface area contributed by atoms with Crippen LogP contribution in [0.5, 0.6) is 5.75 Å². The molecule has 0 bridgehead atoms. The molecular formula is C10H10N2O3. The Hall–Kier alpha value is -2.04. The number of benzene rings is 1. The maximum absolute atomic E-state index is 11.2. The summed E-state index contributed by atoms with van der Waals surface area (Å²) < 4.78 is 0. The van der Waals surface area contributed by atoms with Crippen molar-refractivity contribution in [2.75, 3.05) is 6.54 Å². The summed E-state index contributed by atoms with van der Waals surface area (Å²) in [5, 5.41) is 11.7. The minimum absolute atomic E-state index is 0.0488. The van der Waals surface area contributed by atoms with E-state index < -0.39 is 6.03 Å². The van der Waals surface area contributed by atoms with Gasteiger partial charge in [-0.15, -0.1) is 0 Å². The fourth-order valence-electron chi connectivity index (χ4n) is 1.46. The van der Waals surface area contributed by atoms with E-state index in [0.29, 0.717) is 5.56 Å². The van der Waals surface area contributed by atoms with Crippen LogP contribution in [0.2, 0.25) is 0 Å². The Labute approximate surface area is 86.3 Å². The van der Waals surface area contributed by atoms with Gasteiger partial charge in [0.1, 0.15) is 12.3 Å². The molecule has 1 aromatic carbocycles. The highest BCUT2D eigenvalue weighted by molar-refractivity contribution is 6.01. The van der Waals surface area contributed by atoms with Crippen molar-refractivity contribution < 1.29 is 14.7 Å². The second-order valence-corrected chi connectivity index (χ2v) is 3.34. The first-order chi connectivity index (χ1) is 7.16. The Morgan fingerprint density at radius 2 is 2.07 bits per heavy atom. The molecule has 1 aliphatic heterocycles. The summed E-state index contributed by atoms with van der Waals surface area (Å²) in [6.45, 7) is 0.289. The quantitative estimate of drug-likeness (QED) is 0.690. The summed E-state index contributed by atoms with van der Waals surface area (Å²) in [6, 6.07) is 6.32. The number of nitrogens with one attached hydrogen (secondary N) is 1. The second-order valence-electron chi connectivity index (χ2n) is 3.34. The van der Waals surface area contributed by atoms with E-state index in [2.05, 4.69) is 5.32 Å². The molecule has 0 unspecified atom stereocenters. The standard InChI is InChI=1S/C10H10N2O3/c13-8-4-2-1-3-7(8)5-12-6-9(14)11-10(12)15/h1-4,13H,5-6H2,(H,11,14,15). The number of phenols is 1. The van der Waals surface area contributed by atoms with E-state index in [9.17, 15) is 14.7 Å². The first kappa shape index (κ1) is 9.51. The number of aromatic hydroxyl groups is 1. The van der Waals surface area contributed by atoms with Crippen LogP contribution >= 0.6 is 0 Å². The number of amides is 3. The lowest BCUT2D eigenvalue weighted by Gasteiger charge is -2.13. The van der Waals surface area contributed by atoms with Crippen molar-refractivity contribution in [3.8, 4) is 5.75 Å². The number of carbonyl (C=O) groups excluding carboxylic acids is 2. The Morgan fingerprint density at radius 1 is 1.33 bits per heavy atom. The van der Waals surface area contributed by atoms with E-state index in [1.54, 1.807) is 24.3 Å². The van der Waals surface area contributed by atoms with E-state index >= 15 is 0 Å². The molecule has 0 saturated carbocycles. The number of urea groups is 1. The number of rotatable bonds is 2. The monoisotopic (exact) mass is 206 g/mol. The maximum Gasteiger partial charge on any atom is 0.324 e. The molecule has 0 aromatic heterocycles. The summed E-state index contributed by atoms with van der Waals surface area (Å²) in [6.07, 6.45) is 0. The highest BCUT2D eigenvalue weighted by atomic mass is 16.3. The summed E-state index contributed by atoms with van der Waals surface area (Å²) in [7, 11) is 0. The van der Waals surface area contributed by atoms with Gasteiger partial charge in [0.25, 0.3) is 0 Å². The number of hydrogen-bond acceptors (Lipinski definition) is 3. The van der Waals surface area contributed by atoms with Crippen molar-refractivity contribution >= 4 is 11.9 Å². The van der Waals surface area contributed by atoms with Crippen molar-refractivity contribution in [1.29, 1.82) is 0 Å². The molecule has 1 aliphatic rings. The molecule has 0 aliphatic carbocycles. The van der Waals surface area contributed by atoms with Crippen molar-refractivity contribution in [1.82, 2.24) is 10.2 Å². The molecule has 1 heterocycles. The number of carbonyl (C=O) groups is 2. The molecule has 2 N–H and O–H groups in total. The van der Waals surface area contributed by atoms with Crippen LogP contribution in [0.25, 0.3) is 0 Å². The van der Waals surface area contributed by atoms with Crippen LogP contribution in [0.1, 0.15) is 5.56 Å². The van der Waals surface area contributed by atoms with Gasteiger partial charge in [-0.3, -0.25) is 10.1 Å². The molecular weight excluding hydrogens is 196 g/mol. The van der Waals surface area contributed by atoms with Crippen LogP contribution < -0.4 is 5.32 Å². The van der Waals surface area contributed by atoms with Gasteiger partial charge in [-0.25, -0.2) is 4.79 Å². The molecule has 5 heteroatoms. The number of para-hydroxylation sites is 1. The largest absolute Gasteiger partial charge is 0.508 e. The molecule has 0 spiro atoms. The van der Waals surface area contributed by atoms with Gasteiger partial charge in [0.15, 0.2) is 0 Å². The van der Waals surface area contributed by atoms with Gasteiger partial charge in [0.05, 0.1) is 6.54 Å². The molecule has 2 rings (SSSR count). The van der Waals surface area contributed by atoms with E-state index in [4.69, 9.17) is 0 Å². The fourth-order valence-corrected chi connectivity index (χ4v) is 1.46. The molecule has 3 amide bonds. The normalized spacial score (nSPS) is 15.6. The summed E-state index contributed by atoms with van der Waals surface area (Å²) >= 11 is 0. The van der Waals surface area contributed by atoms with Crippen LogP contribution in [-0.4, -0.2) is 28.5 Å². The molecule has 5 nitrogen and oxygen atoms in total. The summed E-state index contributed by atoms with van der Waals surface area (Å²) in [5.74, 6) is -0.180. The Bertz CT molecular complexity index is 417. The molecule has 1 fully saturated rings. The zero-order valence-electron chi connectivity index (χ0n) is 7.93. The topological polar surface area (TPSA) is 69.6 Å². The first-order valence-electron chi connectivity index (χ1n) is 4.52. The van der Waals surface area contributed by atoms with Gasteiger partial charge in [0, 0.05) is 5.56 Å². The van der Waals surface area contributed by atoms with Crippen LogP contribution in [0.3, 0.4) is 0 Å². The third-order valence-electron chi connectivity index (χ3n) is 2.22. The van der Waals surface area contributed by atoms with Crippen LogP contribution in [0, 0.1) is 0 Å². The molecule has 15 heavy (non-hydrogen) atoms. The Balaban J connectivity index is 2.13. The highest BCUT2D eigenvalue weighted by Gasteiger charge is 2.26. The number of imide groups is 1. The molecule has 0 atom stereocenters. The molecule has 1 saturated heterocycles. The third kappa shape index (κ3) is 1.90. The molecule has 0 radical (unpaired) electrons. The summed E-state index contributed by atoms with van der Waals surface area (Å²) in [4.78, 5) is 23.5. The maximum atomic E-state index is 11.2. The molecule has 78 valence electrons.